The van der Waals surface area contributed by atoms with Gasteiger partial charge in [0, 0.05) is 4.88 Å². The van der Waals surface area contributed by atoms with Crippen LogP contribution in [0.25, 0.3) is 10.2 Å². The van der Waals surface area contributed by atoms with Crippen molar-refractivity contribution < 1.29 is 19.0 Å². The molecule has 2 aromatic heterocycles. The van der Waals surface area contributed by atoms with Crippen molar-refractivity contribution in [3.8, 4) is 11.5 Å². The third-order valence-corrected chi connectivity index (χ3v) is 6.18. The number of ether oxygens (including phenoxy) is 3. The van der Waals surface area contributed by atoms with E-state index in [0.29, 0.717) is 24.0 Å². The minimum atomic E-state index is -0.492. The lowest BCUT2D eigenvalue weighted by Crippen LogP contribution is -2.15. The van der Waals surface area contributed by atoms with Gasteiger partial charge in [-0.3, -0.25) is 0 Å². The molecule has 2 heterocycles. The Morgan fingerprint density at radius 1 is 1.07 bits per heavy atom. The van der Waals surface area contributed by atoms with Crippen LogP contribution in [0.3, 0.4) is 0 Å². The minimum Gasteiger partial charge on any atom is -0.494 e. The second-order valence-corrected chi connectivity index (χ2v) is 8.21. The Morgan fingerprint density at radius 3 is 2.57 bits per heavy atom. The molecule has 0 saturated carbocycles. The number of aryl methyl sites for hydroxylation is 2. The molecule has 0 spiro atoms. The van der Waals surface area contributed by atoms with Gasteiger partial charge in [-0.25, -0.2) is 14.8 Å². The first-order valence-electron chi connectivity index (χ1n) is 10.2. The first kappa shape index (κ1) is 20.4. The second-order valence-electron chi connectivity index (χ2n) is 7.12. The number of fused-ring (bicyclic) bond motifs is 3. The molecule has 0 fully saturated rings. The molecule has 0 saturated heterocycles. The maximum atomic E-state index is 12.0. The largest absolute Gasteiger partial charge is 0.494 e. The number of hydrogen-bond acceptors (Lipinski definition) is 8. The van der Waals surface area contributed by atoms with Crippen molar-refractivity contribution in [1.82, 2.24) is 9.97 Å². The summed E-state index contributed by atoms with van der Waals surface area (Å²) in [6, 6.07) is 7.07. The van der Waals surface area contributed by atoms with Gasteiger partial charge >= 0.3 is 5.97 Å². The zero-order chi connectivity index (χ0) is 20.9. The van der Waals surface area contributed by atoms with Gasteiger partial charge in [0.25, 0.3) is 0 Å². The standard InChI is InChI=1S/C22H25N3O4S/c1-2-27-14-8-10-15(11-9-14)28-13-19(26)29-12-18-24-21(23)20-16-6-4-3-5-7-17(16)30-22(20)25-18/h8-11H,2-7,12-13H2,1H3,(H2,23,24,25). The molecule has 30 heavy (non-hydrogen) atoms. The van der Waals surface area contributed by atoms with Crippen LogP contribution in [0.2, 0.25) is 0 Å². The van der Waals surface area contributed by atoms with Crippen molar-refractivity contribution in [2.24, 2.45) is 0 Å². The SMILES string of the molecule is CCOc1ccc(OCC(=O)OCc2nc(N)c3c4c(sc3n2)CCCCC4)cc1. The highest BCUT2D eigenvalue weighted by Crippen LogP contribution is 2.37. The van der Waals surface area contributed by atoms with Crippen molar-refractivity contribution in [3.05, 3.63) is 40.5 Å². The maximum absolute atomic E-state index is 12.0. The molecule has 8 heteroatoms. The predicted molar refractivity (Wildman–Crippen MR) is 116 cm³/mol. The molecule has 0 aliphatic heterocycles. The summed E-state index contributed by atoms with van der Waals surface area (Å²) >= 11 is 1.68. The Kier molecular flexibility index (Phi) is 6.32. The highest BCUT2D eigenvalue weighted by atomic mass is 32.1. The summed E-state index contributed by atoms with van der Waals surface area (Å²) in [5, 5.41) is 0.978. The Morgan fingerprint density at radius 2 is 1.80 bits per heavy atom. The number of nitrogens with two attached hydrogens (primary N) is 1. The average molecular weight is 428 g/mol. The van der Waals surface area contributed by atoms with E-state index in [0.717, 1.165) is 28.8 Å². The number of hydrogen-bond donors (Lipinski definition) is 1. The van der Waals surface area contributed by atoms with Crippen LogP contribution >= 0.6 is 11.3 Å². The maximum Gasteiger partial charge on any atom is 0.344 e. The van der Waals surface area contributed by atoms with Crippen LogP contribution in [0.4, 0.5) is 5.82 Å². The van der Waals surface area contributed by atoms with Gasteiger partial charge < -0.3 is 19.9 Å². The number of thiophene rings is 1. The predicted octanol–water partition coefficient (Wildman–Crippen LogP) is 4.06. The van der Waals surface area contributed by atoms with Gasteiger partial charge in [-0.05, 0) is 62.4 Å². The van der Waals surface area contributed by atoms with Crippen molar-refractivity contribution in [2.75, 3.05) is 18.9 Å². The lowest BCUT2D eigenvalue weighted by molar-refractivity contribution is -0.147. The van der Waals surface area contributed by atoms with E-state index in [4.69, 9.17) is 19.9 Å². The van der Waals surface area contributed by atoms with Crippen LogP contribution in [0.5, 0.6) is 11.5 Å². The molecule has 0 bridgehead atoms. The van der Waals surface area contributed by atoms with Gasteiger partial charge in [0.2, 0.25) is 0 Å². The minimum absolute atomic E-state index is 0.0336. The summed E-state index contributed by atoms with van der Waals surface area (Å²) in [5.41, 5.74) is 7.53. The van der Waals surface area contributed by atoms with Gasteiger partial charge in [0.15, 0.2) is 19.0 Å². The number of carbonyl (C=O) groups is 1. The van der Waals surface area contributed by atoms with E-state index in [-0.39, 0.29) is 13.2 Å². The Labute approximate surface area is 179 Å². The van der Waals surface area contributed by atoms with Crippen LogP contribution in [0, 0.1) is 0 Å². The van der Waals surface area contributed by atoms with E-state index in [1.54, 1.807) is 35.6 Å². The third kappa shape index (κ3) is 4.64. The summed E-state index contributed by atoms with van der Waals surface area (Å²) in [5.74, 6) is 1.70. The fourth-order valence-corrected chi connectivity index (χ4v) is 4.89. The zero-order valence-corrected chi connectivity index (χ0v) is 17.8. The van der Waals surface area contributed by atoms with E-state index >= 15 is 0 Å². The molecular formula is C22H25N3O4S. The van der Waals surface area contributed by atoms with Gasteiger partial charge in [-0.1, -0.05) is 6.42 Å². The number of carbonyl (C=O) groups excluding carboxylic acids is 1. The summed E-state index contributed by atoms with van der Waals surface area (Å²) in [6.45, 7) is 2.29. The summed E-state index contributed by atoms with van der Waals surface area (Å²) in [4.78, 5) is 23.2. The van der Waals surface area contributed by atoms with E-state index < -0.39 is 5.97 Å². The van der Waals surface area contributed by atoms with E-state index in [9.17, 15) is 4.79 Å². The van der Waals surface area contributed by atoms with Crippen molar-refractivity contribution in [1.29, 1.82) is 0 Å². The normalized spacial score (nSPS) is 13.5. The second kappa shape index (κ2) is 9.30. The van der Waals surface area contributed by atoms with Crippen LogP contribution in [0.15, 0.2) is 24.3 Å². The molecule has 7 nitrogen and oxygen atoms in total. The quantitative estimate of drug-likeness (QED) is 0.448. The van der Waals surface area contributed by atoms with Gasteiger partial charge in [-0.2, -0.15) is 0 Å². The molecule has 1 aromatic carbocycles. The van der Waals surface area contributed by atoms with Crippen LogP contribution < -0.4 is 15.2 Å². The molecule has 4 rings (SSSR count). The number of nitrogen functional groups attached to an aromatic ring is 1. The average Bonchev–Trinajstić information content (AvgIpc) is 2.94. The Balaban J connectivity index is 1.35. The number of aromatic nitrogens is 2. The number of nitrogens with zero attached hydrogens (tertiary/aromatic N) is 2. The molecule has 1 aliphatic carbocycles. The van der Waals surface area contributed by atoms with Crippen LogP contribution in [-0.2, 0) is 29.0 Å². The number of rotatable bonds is 7. The van der Waals surface area contributed by atoms with Crippen molar-refractivity contribution in [2.45, 2.75) is 45.6 Å². The van der Waals surface area contributed by atoms with E-state index in [1.807, 2.05) is 6.92 Å². The van der Waals surface area contributed by atoms with Gasteiger partial charge in [-0.15, -0.1) is 11.3 Å². The highest BCUT2D eigenvalue weighted by Gasteiger charge is 2.19. The highest BCUT2D eigenvalue weighted by molar-refractivity contribution is 7.19. The smallest absolute Gasteiger partial charge is 0.344 e. The lowest BCUT2D eigenvalue weighted by atomic mass is 10.1. The van der Waals surface area contributed by atoms with E-state index in [2.05, 4.69) is 9.97 Å². The summed E-state index contributed by atoms with van der Waals surface area (Å²) in [6.07, 6.45) is 5.72. The number of benzene rings is 1. The molecular weight excluding hydrogens is 402 g/mol. The fourth-order valence-electron chi connectivity index (χ4n) is 3.60. The Hall–Kier alpha value is -2.87. The first-order valence-corrected chi connectivity index (χ1v) is 11.0. The number of anilines is 1. The number of esters is 1. The topological polar surface area (TPSA) is 96.6 Å². The van der Waals surface area contributed by atoms with Crippen molar-refractivity contribution >= 4 is 33.3 Å². The van der Waals surface area contributed by atoms with Crippen LogP contribution in [-0.4, -0.2) is 29.2 Å². The molecule has 1 aliphatic rings. The molecule has 0 radical (unpaired) electrons. The molecule has 3 aromatic rings. The fraction of sp³-hybridized carbons (Fsp3) is 0.409. The Bertz CT molecular complexity index is 1030. The molecule has 2 N–H and O–H groups in total. The van der Waals surface area contributed by atoms with E-state index in [1.165, 1.54) is 29.7 Å². The summed E-state index contributed by atoms with van der Waals surface area (Å²) in [7, 11) is 0. The lowest BCUT2D eigenvalue weighted by Gasteiger charge is -2.08. The van der Waals surface area contributed by atoms with Gasteiger partial charge in [0.1, 0.15) is 22.1 Å². The monoisotopic (exact) mass is 427 g/mol. The van der Waals surface area contributed by atoms with Gasteiger partial charge in [0.05, 0.1) is 12.0 Å². The molecule has 0 atom stereocenters. The molecule has 0 unspecified atom stereocenters. The van der Waals surface area contributed by atoms with Crippen LogP contribution in [0.1, 0.15) is 42.5 Å². The zero-order valence-electron chi connectivity index (χ0n) is 17.0. The molecule has 158 valence electrons. The molecule has 0 amide bonds. The first-order chi connectivity index (χ1) is 14.6. The summed E-state index contributed by atoms with van der Waals surface area (Å²) < 4.78 is 16.1. The van der Waals surface area contributed by atoms with Crippen molar-refractivity contribution in [3.63, 3.8) is 0 Å². The third-order valence-electron chi connectivity index (χ3n) is 4.99.